The molecule has 1 aromatic carbocycles. The summed E-state index contributed by atoms with van der Waals surface area (Å²) in [5, 5.41) is 47.5. The van der Waals surface area contributed by atoms with Gasteiger partial charge in [-0.1, -0.05) is 20.8 Å². The number of fused-ring (bicyclic) bond motifs is 3. The Kier molecular flexibility index (Phi) is 8.80. The van der Waals surface area contributed by atoms with Gasteiger partial charge in [0.05, 0.1) is 17.3 Å². The lowest BCUT2D eigenvalue weighted by Gasteiger charge is -2.50. The number of hydrogen-bond donors (Lipinski definition) is 6. The van der Waals surface area contributed by atoms with Crippen LogP contribution in [0.15, 0.2) is 23.0 Å². The second-order valence-electron chi connectivity index (χ2n) is 11.5. The van der Waals surface area contributed by atoms with E-state index in [1.807, 2.05) is 20.8 Å². The van der Waals surface area contributed by atoms with Crippen LogP contribution >= 0.6 is 24.8 Å². The molecule has 1 saturated carbocycles. The number of carbonyl (C=O) groups is 3. The molecule has 0 spiro atoms. The van der Waals surface area contributed by atoms with Gasteiger partial charge in [0.15, 0.2) is 11.4 Å². The molecule has 0 saturated heterocycles. The number of carbonyl (C=O) groups excluding carboxylic acids is 3. The second-order valence-corrected chi connectivity index (χ2v) is 11.5. The quantitative estimate of drug-likeness (QED) is 0.227. The summed E-state index contributed by atoms with van der Waals surface area (Å²) < 4.78 is 15.3. The Morgan fingerprint density at radius 1 is 1.21 bits per heavy atom. The predicted molar refractivity (Wildman–Crippen MR) is 147 cm³/mol. The Labute approximate surface area is 237 Å². The SMILES string of the molecule is CN(C)[C@@H]1C(=O)C(C(N)=O)=C(O)[C@@]2(O)C(=O)C3=C(O)c4c(O)c(NCC(C)(C)C)cc(F)c4C[C@H]3C[C@@H]12.Cl.Cl. The van der Waals surface area contributed by atoms with Crippen LogP contribution in [0.1, 0.15) is 38.3 Å². The number of anilines is 1. The van der Waals surface area contributed by atoms with E-state index < -0.39 is 69.6 Å². The summed E-state index contributed by atoms with van der Waals surface area (Å²) in [6.45, 7) is 6.17. The molecule has 10 nitrogen and oxygen atoms in total. The molecule has 0 unspecified atom stereocenters. The Bertz CT molecular complexity index is 1310. The second kappa shape index (κ2) is 10.6. The third-order valence-electron chi connectivity index (χ3n) is 7.48. The van der Waals surface area contributed by atoms with E-state index in [0.717, 1.165) is 6.07 Å². The van der Waals surface area contributed by atoms with E-state index in [1.165, 1.54) is 19.0 Å². The number of aliphatic hydroxyl groups excluding tert-OH is 2. The van der Waals surface area contributed by atoms with Crippen molar-refractivity contribution >= 4 is 53.7 Å². The first-order valence-corrected chi connectivity index (χ1v) is 11.9. The molecule has 0 radical (unpaired) electrons. The Balaban J connectivity index is 0.00000267. The minimum absolute atomic E-state index is 0. The highest BCUT2D eigenvalue weighted by Gasteiger charge is 2.64. The average molecular weight is 590 g/mol. The number of ketones is 2. The summed E-state index contributed by atoms with van der Waals surface area (Å²) in [7, 11) is 3.02. The minimum atomic E-state index is -2.74. The standard InChI is InChI=1S/C26H32FN3O7.2ClH/c1-25(2,3)9-29-14-8-13(27)11-6-10-7-12-18(30(4)5)21(33)17(24(28)36)23(35)26(12,37)22(34)15(10)20(32)16(11)19(14)31;;/h8,10,12,18,29,31-32,35,37H,6-7,9H2,1-5H3,(H2,28,36);2*1H/t10-,12-,18-,26-;;/m0../s1. The average Bonchev–Trinajstić information content (AvgIpc) is 2.76. The van der Waals surface area contributed by atoms with Gasteiger partial charge in [-0.25, -0.2) is 4.39 Å². The summed E-state index contributed by atoms with van der Waals surface area (Å²) in [6.07, 6.45) is -0.205. The van der Waals surface area contributed by atoms with Gasteiger partial charge >= 0.3 is 0 Å². The first kappa shape index (κ1) is 32.4. The zero-order chi connectivity index (χ0) is 27.8. The van der Waals surface area contributed by atoms with Crippen LogP contribution in [0.5, 0.6) is 5.75 Å². The number of phenols is 1. The molecule has 3 aliphatic carbocycles. The normalized spacial score (nSPS) is 26.3. The van der Waals surface area contributed by atoms with Crippen molar-refractivity contribution in [3.8, 4) is 5.75 Å². The molecule has 0 bridgehead atoms. The van der Waals surface area contributed by atoms with Gasteiger partial charge in [-0.15, -0.1) is 24.8 Å². The molecule has 4 atom stereocenters. The summed E-state index contributed by atoms with van der Waals surface area (Å²) in [5.74, 6) is -8.39. The van der Waals surface area contributed by atoms with E-state index in [4.69, 9.17) is 5.73 Å². The molecule has 0 aliphatic heterocycles. The molecule has 3 aliphatic rings. The van der Waals surface area contributed by atoms with Crippen LogP contribution in [-0.2, 0) is 20.8 Å². The maximum Gasteiger partial charge on any atom is 0.255 e. The number of benzene rings is 1. The number of rotatable bonds is 4. The Hall–Kier alpha value is -2.86. The number of hydrogen-bond acceptors (Lipinski definition) is 9. The lowest BCUT2D eigenvalue weighted by molar-refractivity contribution is -0.153. The number of nitrogens with one attached hydrogen (secondary N) is 1. The number of amides is 1. The van der Waals surface area contributed by atoms with Crippen LogP contribution in [0.3, 0.4) is 0 Å². The fraction of sp³-hybridized carbons (Fsp3) is 0.500. The molecular formula is C26H34Cl2FN3O7. The van der Waals surface area contributed by atoms with Crippen molar-refractivity contribution in [3.05, 3.63) is 39.9 Å². The highest BCUT2D eigenvalue weighted by molar-refractivity contribution is 6.24. The monoisotopic (exact) mass is 589 g/mol. The van der Waals surface area contributed by atoms with Gasteiger partial charge in [-0.2, -0.15) is 0 Å². The van der Waals surface area contributed by atoms with Gasteiger partial charge in [0.2, 0.25) is 5.78 Å². The van der Waals surface area contributed by atoms with Gasteiger partial charge < -0.3 is 31.5 Å². The van der Waals surface area contributed by atoms with Gasteiger partial charge in [0.25, 0.3) is 5.91 Å². The molecular weight excluding hydrogens is 556 g/mol. The van der Waals surface area contributed by atoms with Crippen LogP contribution < -0.4 is 11.1 Å². The van der Waals surface area contributed by atoms with Crippen molar-refractivity contribution in [2.24, 2.45) is 23.0 Å². The van der Waals surface area contributed by atoms with Gasteiger partial charge in [-0.05, 0) is 38.3 Å². The molecule has 4 rings (SSSR count). The first-order chi connectivity index (χ1) is 17.0. The van der Waals surface area contributed by atoms with Crippen molar-refractivity contribution in [1.29, 1.82) is 0 Å². The molecule has 216 valence electrons. The molecule has 7 N–H and O–H groups in total. The highest BCUT2D eigenvalue weighted by Crippen LogP contribution is 2.53. The van der Waals surface area contributed by atoms with E-state index in [0.29, 0.717) is 6.54 Å². The highest BCUT2D eigenvalue weighted by atomic mass is 35.5. The molecule has 1 aromatic rings. The minimum Gasteiger partial charge on any atom is -0.508 e. The largest absolute Gasteiger partial charge is 0.508 e. The zero-order valence-electron chi connectivity index (χ0n) is 22.2. The third kappa shape index (κ3) is 4.86. The van der Waals surface area contributed by atoms with Gasteiger partial charge in [0, 0.05) is 29.7 Å². The number of nitrogens with zero attached hydrogens (tertiary/aromatic N) is 1. The molecule has 0 aromatic heterocycles. The number of halogens is 3. The van der Waals surface area contributed by atoms with E-state index in [9.17, 15) is 34.8 Å². The Morgan fingerprint density at radius 2 is 1.79 bits per heavy atom. The maximum atomic E-state index is 15.3. The zero-order valence-corrected chi connectivity index (χ0v) is 23.8. The molecule has 13 heteroatoms. The van der Waals surface area contributed by atoms with Gasteiger partial charge in [0.1, 0.15) is 28.7 Å². The topological polar surface area (TPSA) is 173 Å². The van der Waals surface area contributed by atoms with E-state index >= 15 is 4.39 Å². The number of phenolic OH excluding ortho intramolecular Hbond substituents is 1. The lowest BCUT2D eigenvalue weighted by atomic mass is 9.57. The molecule has 1 amide bonds. The Morgan fingerprint density at radius 3 is 2.31 bits per heavy atom. The fourth-order valence-electron chi connectivity index (χ4n) is 5.76. The van der Waals surface area contributed by atoms with Crippen molar-refractivity contribution in [1.82, 2.24) is 4.90 Å². The third-order valence-corrected chi connectivity index (χ3v) is 7.48. The van der Waals surface area contributed by atoms with Crippen LogP contribution in [0.25, 0.3) is 5.76 Å². The van der Waals surface area contributed by atoms with Crippen molar-refractivity contribution < 1.29 is 39.2 Å². The summed E-state index contributed by atoms with van der Waals surface area (Å²) in [6, 6.07) is -0.0701. The van der Waals surface area contributed by atoms with E-state index in [-0.39, 0.29) is 65.5 Å². The van der Waals surface area contributed by atoms with E-state index in [2.05, 4.69) is 5.32 Å². The smallest absolute Gasteiger partial charge is 0.255 e. The summed E-state index contributed by atoms with van der Waals surface area (Å²) in [4.78, 5) is 40.3. The molecule has 39 heavy (non-hydrogen) atoms. The predicted octanol–water partition coefficient (Wildman–Crippen LogP) is 2.40. The molecule has 1 fully saturated rings. The van der Waals surface area contributed by atoms with Crippen LogP contribution in [0.4, 0.5) is 10.1 Å². The van der Waals surface area contributed by atoms with Crippen LogP contribution in [0, 0.1) is 23.1 Å². The van der Waals surface area contributed by atoms with Gasteiger partial charge in [-0.3, -0.25) is 19.3 Å². The lowest BCUT2D eigenvalue weighted by Crippen LogP contribution is -2.65. The fourth-order valence-corrected chi connectivity index (χ4v) is 5.76. The number of nitrogens with two attached hydrogens (primary N) is 1. The van der Waals surface area contributed by atoms with Crippen molar-refractivity contribution in [2.75, 3.05) is 26.0 Å². The van der Waals surface area contributed by atoms with Crippen LogP contribution in [0.2, 0.25) is 0 Å². The van der Waals surface area contributed by atoms with Crippen molar-refractivity contribution in [3.63, 3.8) is 0 Å². The number of aliphatic hydroxyl groups is 3. The number of likely N-dealkylation sites (N-methyl/N-ethyl adjacent to an activating group) is 1. The van der Waals surface area contributed by atoms with Crippen molar-refractivity contribution in [2.45, 2.75) is 45.3 Å². The maximum absolute atomic E-state index is 15.3. The summed E-state index contributed by atoms with van der Waals surface area (Å²) >= 11 is 0. The van der Waals surface area contributed by atoms with Crippen LogP contribution in [-0.4, -0.2) is 75.1 Å². The number of Topliss-reactive ketones (excluding diaryl/α,β-unsaturated/α-hetero) is 2. The molecule has 0 heterocycles. The van der Waals surface area contributed by atoms with E-state index in [1.54, 1.807) is 0 Å². The number of aromatic hydroxyl groups is 1. The first-order valence-electron chi connectivity index (χ1n) is 11.9. The number of primary amides is 1. The summed E-state index contributed by atoms with van der Waals surface area (Å²) in [5.41, 5.74) is 0.874.